The number of carbonyl (C=O) groups excluding carboxylic acids is 2. The van der Waals surface area contributed by atoms with Crippen molar-refractivity contribution >= 4 is 23.2 Å². The highest BCUT2D eigenvalue weighted by Crippen LogP contribution is 2.42. The molecule has 36 heavy (non-hydrogen) atoms. The van der Waals surface area contributed by atoms with E-state index in [1.807, 2.05) is 23.1 Å². The molecule has 0 radical (unpaired) electrons. The van der Waals surface area contributed by atoms with Crippen LogP contribution in [0.5, 0.6) is 17.2 Å². The normalized spacial score (nSPS) is 21.6. The largest absolute Gasteiger partial charge is 0.508 e. The molecule has 0 bridgehead atoms. The Bertz CT molecular complexity index is 1110. The first kappa shape index (κ1) is 24.4. The summed E-state index contributed by atoms with van der Waals surface area (Å²) in [5.41, 5.74) is 2.19. The van der Waals surface area contributed by atoms with E-state index < -0.39 is 0 Å². The Morgan fingerprint density at radius 3 is 2.67 bits per heavy atom. The number of ether oxygens (including phenoxy) is 2. The molecule has 1 saturated heterocycles. The van der Waals surface area contributed by atoms with Crippen molar-refractivity contribution in [1.29, 1.82) is 0 Å². The number of amides is 2. The summed E-state index contributed by atoms with van der Waals surface area (Å²) in [6.45, 7) is 2.32. The number of benzene rings is 2. The number of hydrogen-bond acceptors (Lipinski definition) is 7. The lowest BCUT2D eigenvalue weighted by Gasteiger charge is -2.36. The van der Waals surface area contributed by atoms with Gasteiger partial charge in [-0.3, -0.25) is 9.59 Å². The Labute approximate surface area is 210 Å². The van der Waals surface area contributed by atoms with Gasteiger partial charge in [0.15, 0.2) is 6.61 Å². The number of carbonyl (C=O) groups is 2. The van der Waals surface area contributed by atoms with E-state index in [0.717, 1.165) is 37.1 Å². The molecular formula is C27H33N3O6. The van der Waals surface area contributed by atoms with Gasteiger partial charge in [-0.05, 0) is 74.0 Å². The van der Waals surface area contributed by atoms with Crippen molar-refractivity contribution in [2.24, 2.45) is 5.92 Å². The Kier molecular flexibility index (Phi) is 7.02. The molecule has 0 unspecified atom stereocenters. The zero-order valence-electron chi connectivity index (χ0n) is 20.5. The summed E-state index contributed by atoms with van der Waals surface area (Å²) in [6, 6.07) is 10.3. The van der Waals surface area contributed by atoms with Crippen molar-refractivity contribution in [1.82, 2.24) is 5.32 Å². The van der Waals surface area contributed by atoms with Crippen LogP contribution in [0.3, 0.4) is 0 Å². The molecule has 2 aromatic rings. The summed E-state index contributed by atoms with van der Waals surface area (Å²) >= 11 is 0. The van der Waals surface area contributed by atoms with Gasteiger partial charge >= 0.3 is 0 Å². The Balaban J connectivity index is 1.45. The lowest BCUT2D eigenvalue weighted by molar-refractivity contribution is -0.123. The molecule has 2 aliphatic heterocycles. The van der Waals surface area contributed by atoms with Crippen LogP contribution in [0.2, 0.25) is 0 Å². The monoisotopic (exact) mass is 495 g/mol. The van der Waals surface area contributed by atoms with Crippen LogP contribution >= 0.6 is 0 Å². The van der Waals surface area contributed by atoms with Crippen LogP contribution in [-0.2, 0) is 14.3 Å². The molecule has 9 heteroatoms. The number of anilines is 2. The van der Waals surface area contributed by atoms with Crippen molar-refractivity contribution in [3.8, 4) is 17.2 Å². The number of rotatable bonds is 8. The number of phenolic OH excluding ortho intramolecular Hbond substituents is 2. The molecule has 2 heterocycles. The van der Waals surface area contributed by atoms with E-state index in [2.05, 4.69) is 5.32 Å². The molecule has 3 aliphatic rings. The number of methoxy groups -OCH3 is 1. The number of fused-ring (bicyclic) bond motifs is 1. The zero-order chi connectivity index (χ0) is 25.2. The average Bonchev–Trinajstić information content (AvgIpc) is 3.70. The highest BCUT2D eigenvalue weighted by Gasteiger charge is 2.41. The smallest absolute Gasteiger partial charge is 0.265 e. The van der Waals surface area contributed by atoms with Crippen LogP contribution in [0.1, 0.15) is 37.2 Å². The highest BCUT2D eigenvalue weighted by atomic mass is 16.5. The summed E-state index contributed by atoms with van der Waals surface area (Å²) < 4.78 is 10.8. The van der Waals surface area contributed by atoms with E-state index in [0.29, 0.717) is 37.6 Å². The predicted octanol–water partition coefficient (Wildman–Crippen LogP) is 2.75. The van der Waals surface area contributed by atoms with Gasteiger partial charge in [-0.2, -0.15) is 0 Å². The Hall–Kier alpha value is -3.30. The molecule has 0 aromatic heterocycles. The molecular weight excluding hydrogens is 462 g/mol. The van der Waals surface area contributed by atoms with E-state index >= 15 is 0 Å². The minimum atomic E-state index is -0.354. The second kappa shape index (κ2) is 10.4. The molecule has 2 atom stereocenters. The number of aromatic hydroxyl groups is 2. The van der Waals surface area contributed by atoms with E-state index in [-0.39, 0.29) is 47.8 Å². The molecule has 2 fully saturated rings. The third-order valence-corrected chi connectivity index (χ3v) is 7.20. The highest BCUT2D eigenvalue weighted by molar-refractivity contribution is 6.01. The van der Waals surface area contributed by atoms with E-state index in [9.17, 15) is 19.8 Å². The number of phenols is 2. The third-order valence-electron chi connectivity index (χ3n) is 7.20. The second-order valence-corrected chi connectivity index (χ2v) is 9.76. The topological polar surface area (TPSA) is 112 Å². The molecule has 3 N–H and O–H groups in total. The fourth-order valence-electron chi connectivity index (χ4n) is 5.33. The van der Waals surface area contributed by atoms with Crippen molar-refractivity contribution in [2.75, 3.05) is 49.8 Å². The zero-order valence-corrected chi connectivity index (χ0v) is 20.5. The van der Waals surface area contributed by atoms with Crippen LogP contribution in [0, 0.1) is 5.92 Å². The minimum Gasteiger partial charge on any atom is -0.508 e. The van der Waals surface area contributed by atoms with Gasteiger partial charge in [0, 0.05) is 44.6 Å². The third kappa shape index (κ3) is 4.99. The SMILES string of the molecule is COCCCN1C(=O)COc2ccc(N(C(=O)[C@H]3CNCC[C@@H]3c3cc(O)cc(O)c3)C3CC3)cc21. The van der Waals surface area contributed by atoms with Crippen LogP contribution in [-0.4, -0.2) is 68.0 Å². The molecule has 2 aromatic carbocycles. The number of nitrogens with one attached hydrogen (secondary N) is 1. The van der Waals surface area contributed by atoms with Crippen molar-refractivity contribution in [3.05, 3.63) is 42.0 Å². The predicted molar refractivity (Wildman–Crippen MR) is 135 cm³/mol. The molecule has 2 amide bonds. The lowest BCUT2D eigenvalue weighted by atomic mass is 9.80. The van der Waals surface area contributed by atoms with Crippen molar-refractivity contribution in [3.63, 3.8) is 0 Å². The van der Waals surface area contributed by atoms with Gasteiger partial charge in [0.25, 0.3) is 5.91 Å². The molecule has 1 aliphatic carbocycles. The maximum Gasteiger partial charge on any atom is 0.265 e. The maximum absolute atomic E-state index is 14.1. The molecule has 1 saturated carbocycles. The number of nitrogens with zero attached hydrogens (tertiary/aromatic N) is 2. The van der Waals surface area contributed by atoms with Crippen LogP contribution in [0.15, 0.2) is 36.4 Å². The van der Waals surface area contributed by atoms with Gasteiger partial charge in [0.2, 0.25) is 5.91 Å². The van der Waals surface area contributed by atoms with Gasteiger partial charge < -0.3 is 34.8 Å². The van der Waals surface area contributed by atoms with Crippen LogP contribution in [0.4, 0.5) is 11.4 Å². The van der Waals surface area contributed by atoms with Crippen LogP contribution < -0.4 is 19.9 Å². The van der Waals surface area contributed by atoms with Gasteiger partial charge in [0.05, 0.1) is 11.6 Å². The Morgan fingerprint density at radius 2 is 1.94 bits per heavy atom. The number of hydrogen-bond donors (Lipinski definition) is 3. The van der Waals surface area contributed by atoms with Gasteiger partial charge in [-0.1, -0.05) is 0 Å². The van der Waals surface area contributed by atoms with E-state index in [1.54, 1.807) is 24.1 Å². The first-order chi connectivity index (χ1) is 17.5. The summed E-state index contributed by atoms with van der Waals surface area (Å²) in [6.07, 6.45) is 3.27. The standard InChI is InChI=1S/C27H33N3O6/c1-35-10-2-9-29-24-13-19(5-6-25(24)36-16-26(29)33)30(18-3-4-18)27(34)23-15-28-8-7-22(23)17-11-20(31)14-21(32)12-17/h5-6,11-14,18,22-23,28,31-32H,2-4,7-10,15-16H2,1H3/t22-,23+/m1/s1. The lowest BCUT2D eigenvalue weighted by Crippen LogP contribution is -2.47. The van der Waals surface area contributed by atoms with Gasteiger partial charge in [-0.15, -0.1) is 0 Å². The van der Waals surface area contributed by atoms with E-state index in [4.69, 9.17) is 9.47 Å². The Morgan fingerprint density at radius 1 is 1.17 bits per heavy atom. The first-order valence-electron chi connectivity index (χ1n) is 12.6. The average molecular weight is 496 g/mol. The summed E-state index contributed by atoms with van der Waals surface area (Å²) in [5.74, 6) is 0.0138. The molecule has 5 rings (SSSR count). The van der Waals surface area contributed by atoms with Crippen molar-refractivity contribution in [2.45, 2.75) is 37.6 Å². The van der Waals surface area contributed by atoms with Gasteiger partial charge in [0.1, 0.15) is 17.2 Å². The van der Waals surface area contributed by atoms with Crippen LogP contribution in [0.25, 0.3) is 0 Å². The second-order valence-electron chi connectivity index (χ2n) is 9.76. The molecule has 9 nitrogen and oxygen atoms in total. The molecule has 192 valence electrons. The van der Waals surface area contributed by atoms with E-state index in [1.165, 1.54) is 6.07 Å². The number of piperidine rings is 1. The maximum atomic E-state index is 14.1. The summed E-state index contributed by atoms with van der Waals surface area (Å²) in [4.78, 5) is 30.3. The fraction of sp³-hybridized carbons (Fsp3) is 0.481. The quantitative estimate of drug-likeness (QED) is 0.483. The van der Waals surface area contributed by atoms with Crippen molar-refractivity contribution < 1.29 is 29.3 Å². The summed E-state index contributed by atoms with van der Waals surface area (Å²) in [7, 11) is 1.64. The molecule has 0 spiro atoms. The summed E-state index contributed by atoms with van der Waals surface area (Å²) in [5, 5.41) is 23.4. The first-order valence-corrected chi connectivity index (χ1v) is 12.6. The van der Waals surface area contributed by atoms with Gasteiger partial charge in [-0.25, -0.2) is 0 Å². The fourth-order valence-corrected chi connectivity index (χ4v) is 5.33. The minimum absolute atomic E-state index is 0.00319.